The van der Waals surface area contributed by atoms with E-state index < -0.39 is 5.91 Å². The Labute approximate surface area is 230 Å². The van der Waals surface area contributed by atoms with Crippen LogP contribution in [0.5, 0.6) is 0 Å². The first-order valence-electron chi connectivity index (χ1n) is 12.2. The van der Waals surface area contributed by atoms with Crippen LogP contribution in [-0.4, -0.2) is 78.0 Å². The lowest BCUT2D eigenvalue weighted by molar-refractivity contribution is 0.0538. The normalized spacial score (nSPS) is 14.5. The van der Waals surface area contributed by atoms with Crippen molar-refractivity contribution in [2.75, 3.05) is 57.6 Å². The lowest BCUT2D eigenvalue weighted by Crippen LogP contribution is -2.43. The summed E-state index contributed by atoms with van der Waals surface area (Å²) in [4.78, 5) is 38.5. The zero-order valence-electron chi connectivity index (χ0n) is 21.4. The van der Waals surface area contributed by atoms with Crippen LogP contribution in [0.15, 0.2) is 48.7 Å². The molecule has 1 aromatic carbocycles. The Morgan fingerprint density at radius 3 is 2.74 bits per heavy atom. The van der Waals surface area contributed by atoms with Gasteiger partial charge in [-0.1, -0.05) is 22.9 Å². The van der Waals surface area contributed by atoms with Gasteiger partial charge < -0.3 is 15.1 Å². The number of likely N-dealkylation sites (N-methyl/N-ethyl adjacent to an activating group) is 1. The predicted octanol–water partition coefficient (Wildman–Crippen LogP) is 4.29. The number of benzene rings is 1. The minimum atomic E-state index is -0.421. The number of hydroxylamine groups is 1. The Hall–Kier alpha value is -3.35. The Bertz CT molecular complexity index is 1440. The van der Waals surface area contributed by atoms with Crippen molar-refractivity contribution in [2.45, 2.75) is 6.54 Å². The van der Waals surface area contributed by atoms with E-state index in [0.717, 1.165) is 59.7 Å². The number of nitrogens with one attached hydrogen (secondary N) is 2. The molecule has 0 spiro atoms. The van der Waals surface area contributed by atoms with Crippen LogP contribution in [0.4, 0.5) is 22.5 Å². The van der Waals surface area contributed by atoms with E-state index in [-0.39, 0.29) is 0 Å². The zero-order valence-corrected chi connectivity index (χ0v) is 23.0. The van der Waals surface area contributed by atoms with E-state index in [1.807, 2.05) is 36.3 Å². The highest BCUT2D eigenvalue weighted by molar-refractivity contribution is 7.21. The molecule has 38 heavy (non-hydrogen) atoms. The molecule has 1 amide bonds. The molecule has 1 aliphatic rings. The first-order chi connectivity index (χ1) is 18.4. The average molecular weight is 553 g/mol. The molecule has 198 valence electrons. The fourth-order valence-corrected chi connectivity index (χ4v) is 5.28. The largest absolute Gasteiger partial charge is 0.329 e. The molecule has 1 aliphatic heterocycles. The quantitative estimate of drug-likeness (QED) is 0.310. The number of thiazole rings is 1. The molecule has 0 radical (unpaired) electrons. The molecule has 5 rings (SSSR count). The van der Waals surface area contributed by atoms with Crippen LogP contribution in [-0.2, 0) is 11.4 Å². The number of hydrogen-bond donors (Lipinski definition) is 2. The van der Waals surface area contributed by atoms with Crippen LogP contribution in [0.3, 0.4) is 0 Å². The molecule has 0 unspecified atom stereocenters. The number of hydrogen-bond acceptors (Lipinski definition) is 10. The topological polar surface area (TPSA) is 98.7 Å². The highest BCUT2D eigenvalue weighted by Crippen LogP contribution is 2.31. The number of carbonyl (C=O) groups excluding carboxylic acids is 1. The summed E-state index contributed by atoms with van der Waals surface area (Å²) in [6.07, 6.45) is 1.83. The number of carbonyl (C=O) groups is 1. The van der Waals surface area contributed by atoms with E-state index in [2.05, 4.69) is 44.8 Å². The maximum Gasteiger partial charge on any atom is 0.276 e. The third-order valence-electron chi connectivity index (χ3n) is 6.42. The highest BCUT2D eigenvalue weighted by Gasteiger charge is 2.16. The molecule has 0 atom stereocenters. The van der Waals surface area contributed by atoms with Gasteiger partial charge in [0.2, 0.25) is 0 Å². The summed E-state index contributed by atoms with van der Waals surface area (Å²) in [5.41, 5.74) is 5.38. The summed E-state index contributed by atoms with van der Waals surface area (Å²) < 4.78 is 0. The Kier molecular flexibility index (Phi) is 8.01. The van der Waals surface area contributed by atoms with E-state index >= 15 is 0 Å². The van der Waals surface area contributed by atoms with E-state index in [1.165, 1.54) is 24.0 Å². The maximum absolute atomic E-state index is 12.3. The number of anilines is 4. The van der Waals surface area contributed by atoms with Gasteiger partial charge in [0, 0.05) is 51.7 Å². The summed E-state index contributed by atoms with van der Waals surface area (Å²) in [6, 6.07) is 13.2. The van der Waals surface area contributed by atoms with Crippen LogP contribution in [0.2, 0.25) is 5.02 Å². The molecule has 4 heterocycles. The van der Waals surface area contributed by atoms with Crippen molar-refractivity contribution < 1.29 is 9.63 Å². The number of nitrogens with zero attached hydrogens (tertiary/aromatic N) is 6. The number of amides is 1. The second-order valence-corrected chi connectivity index (χ2v) is 10.5. The molecule has 1 saturated heterocycles. The minimum Gasteiger partial charge on any atom is -0.329 e. The molecule has 0 saturated carbocycles. The molecule has 0 bridgehead atoms. The van der Waals surface area contributed by atoms with Crippen molar-refractivity contribution in [3.8, 4) is 0 Å². The number of pyridine rings is 2. The van der Waals surface area contributed by atoms with Gasteiger partial charge in [0.25, 0.3) is 5.91 Å². The summed E-state index contributed by atoms with van der Waals surface area (Å²) in [5, 5.41) is 4.40. The van der Waals surface area contributed by atoms with Gasteiger partial charge in [-0.25, -0.2) is 20.4 Å². The van der Waals surface area contributed by atoms with Gasteiger partial charge in [-0.15, -0.1) is 0 Å². The van der Waals surface area contributed by atoms with Crippen molar-refractivity contribution in [2.24, 2.45) is 0 Å². The van der Waals surface area contributed by atoms with Gasteiger partial charge in [0.05, 0.1) is 17.7 Å². The highest BCUT2D eigenvalue weighted by atomic mass is 35.5. The van der Waals surface area contributed by atoms with Gasteiger partial charge in [-0.2, -0.15) is 0 Å². The second-order valence-electron chi connectivity index (χ2n) is 9.12. The molecule has 2 N–H and O–H groups in total. The number of rotatable bonds is 8. The van der Waals surface area contributed by atoms with Gasteiger partial charge in [0.15, 0.2) is 5.13 Å². The van der Waals surface area contributed by atoms with Crippen molar-refractivity contribution in [1.82, 2.24) is 30.2 Å². The molecule has 10 nitrogen and oxygen atoms in total. The van der Waals surface area contributed by atoms with Gasteiger partial charge in [-0.05, 0) is 55.1 Å². The molecular formula is C26H29ClN8O2S. The monoisotopic (exact) mass is 552 g/mol. The van der Waals surface area contributed by atoms with Crippen molar-refractivity contribution in [3.63, 3.8) is 0 Å². The number of fused-ring (bicyclic) bond motifs is 1. The van der Waals surface area contributed by atoms with E-state index in [4.69, 9.17) is 26.4 Å². The summed E-state index contributed by atoms with van der Waals surface area (Å²) in [7, 11) is 5.42. The van der Waals surface area contributed by atoms with Crippen LogP contribution in [0, 0.1) is 0 Å². The SMILES string of the molecule is CONC(=O)c1cc(N(C)c2ccc3nc(Nc4cc(CN5CCN(C)CC5)ccn4)sc3n2)ccc1Cl. The second kappa shape index (κ2) is 11.6. The van der Waals surface area contributed by atoms with E-state index in [1.54, 1.807) is 12.1 Å². The average Bonchev–Trinajstić information content (AvgIpc) is 3.31. The van der Waals surface area contributed by atoms with Gasteiger partial charge >= 0.3 is 0 Å². The predicted molar refractivity (Wildman–Crippen MR) is 152 cm³/mol. The number of aromatic nitrogens is 3. The number of piperazine rings is 1. The van der Waals surface area contributed by atoms with E-state index in [0.29, 0.717) is 16.4 Å². The van der Waals surface area contributed by atoms with Crippen LogP contribution in [0.25, 0.3) is 10.3 Å². The third-order valence-corrected chi connectivity index (χ3v) is 7.63. The number of halogens is 1. The lowest BCUT2D eigenvalue weighted by Gasteiger charge is -2.32. The Balaban J connectivity index is 1.31. The molecule has 0 aliphatic carbocycles. The van der Waals surface area contributed by atoms with Crippen molar-refractivity contribution in [3.05, 3.63) is 64.8 Å². The molecule has 3 aromatic heterocycles. The van der Waals surface area contributed by atoms with E-state index in [9.17, 15) is 4.79 Å². The molecular weight excluding hydrogens is 524 g/mol. The van der Waals surface area contributed by atoms with Crippen molar-refractivity contribution >= 4 is 61.6 Å². The van der Waals surface area contributed by atoms with Crippen LogP contribution >= 0.6 is 22.9 Å². The lowest BCUT2D eigenvalue weighted by atomic mass is 10.1. The standard InChI is InChI=1S/C26H29ClN8O2S/c1-33-10-12-35(13-11-33)16-17-8-9-28-22(14-17)30-26-29-21-6-7-23(31-25(21)38-26)34(2)18-4-5-20(27)19(15-18)24(36)32-37-3/h4-9,14-15H,10-13,16H2,1-3H3,(H,32,36)(H,28,29,30). The van der Waals surface area contributed by atoms with Crippen LogP contribution in [0.1, 0.15) is 15.9 Å². The molecule has 12 heteroatoms. The first kappa shape index (κ1) is 26.3. The van der Waals surface area contributed by atoms with Crippen molar-refractivity contribution in [1.29, 1.82) is 0 Å². The fourth-order valence-electron chi connectivity index (χ4n) is 4.24. The fraction of sp³-hybridized carbons (Fsp3) is 0.308. The summed E-state index contributed by atoms with van der Waals surface area (Å²) >= 11 is 7.68. The third kappa shape index (κ3) is 6.03. The summed E-state index contributed by atoms with van der Waals surface area (Å²) in [6.45, 7) is 5.23. The molecule has 1 fully saturated rings. The minimum absolute atomic E-state index is 0.311. The molecule has 4 aromatic rings. The zero-order chi connectivity index (χ0) is 26.6. The maximum atomic E-state index is 12.3. The van der Waals surface area contributed by atoms with Crippen LogP contribution < -0.4 is 15.7 Å². The Morgan fingerprint density at radius 1 is 1.13 bits per heavy atom. The first-order valence-corrected chi connectivity index (χ1v) is 13.4. The van der Waals surface area contributed by atoms with Gasteiger partial charge in [0.1, 0.15) is 22.0 Å². The Morgan fingerprint density at radius 2 is 1.95 bits per heavy atom. The van der Waals surface area contributed by atoms with Gasteiger partial charge in [-0.3, -0.25) is 14.5 Å². The summed E-state index contributed by atoms with van der Waals surface area (Å²) in [5.74, 6) is 1.05. The smallest absolute Gasteiger partial charge is 0.276 e.